The SMILES string of the molecule is COc1ccc(C)c2sc(N(CC3CCCO3)C(=O)c3ccc(S(=O)(=O)N4CCCC4)cc3)nc12. The molecular weight excluding hydrogens is 486 g/mol. The zero-order valence-corrected chi connectivity index (χ0v) is 21.5. The van der Waals surface area contributed by atoms with Gasteiger partial charge in [-0.2, -0.15) is 4.31 Å². The van der Waals surface area contributed by atoms with Crippen LogP contribution in [0.4, 0.5) is 5.13 Å². The van der Waals surface area contributed by atoms with Crippen molar-refractivity contribution >= 4 is 42.6 Å². The van der Waals surface area contributed by atoms with Crippen LogP contribution in [0.5, 0.6) is 5.75 Å². The first-order valence-corrected chi connectivity index (χ1v) is 14.1. The number of nitrogens with zero attached hydrogens (tertiary/aromatic N) is 3. The standard InChI is InChI=1S/C25H29N3O5S2/c1-17-7-12-21(32-2)22-23(17)34-25(26-22)28(16-19-6-5-15-33-19)24(29)18-8-10-20(11-9-18)35(30,31)27-13-3-4-14-27/h7-12,19H,3-6,13-16H2,1-2H3. The highest BCUT2D eigenvalue weighted by atomic mass is 32.2. The fourth-order valence-corrected chi connectivity index (χ4v) is 7.20. The van der Waals surface area contributed by atoms with Gasteiger partial charge < -0.3 is 9.47 Å². The van der Waals surface area contributed by atoms with E-state index in [2.05, 4.69) is 0 Å². The summed E-state index contributed by atoms with van der Waals surface area (Å²) in [6.45, 7) is 4.16. The highest BCUT2D eigenvalue weighted by molar-refractivity contribution is 7.89. The lowest BCUT2D eigenvalue weighted by atomic mass is 10.2. The summed E-state index contributed by atoms with van der Waals surface area (Å²) in [4.78, 5) is 20.4. The minimum atomic E-state index is -3.54. The van der Waals surface area contributed by atoms with Gasteiger partial charge in [0.25, 0.3) is 5.91 Å². The van der Waals surface area contributed by atoms with E-state index in [-0.39, 0.29) is 16.9 Å². The van der Waals surface area contributed by atoms with Crippen LogP contribution in [0.2, 0.25) is 0 Å². The zero-order chi connectivity index (χ0) is 24.6. The quantitative estimate of drug-likeness (QED) is 0.468. The van der Waals surface area contributed by atoms with Crippen LogP contribution in [-0.4, -0.2) is 63.1 Å². The van der Waals surface area contributed by atoms with Crippen molar-refractivity contribution < 1.29 is 22.7 Å². The van der Waals surface area contributed by atoms with Crippen molar-refractivity contribution in [1.29, 1.82) is 0 Å². The van der Waals surface area contributed by atoms with Crippen LogP contribution >= 0.6 is 11.3 Å². The van der Waals surface area contributed by atoms with E-state index in [1.54, 1.807) is 24.1 Å². The molecule has 0 spiro atoms. The van der Waals surface area contributed by atoms with Crippen LogP contribution in [0.15, 0.2) is 41.3 Å². The van der Waals surface area contributed by atoms with Crippen LogP contribution in [0.1, 0.15) is 41.6 Å². The van der Waals surface area contributed by atoms with Gasteiger partial charge in [0.1, 0.15) is 11.3 Å². The predicted octanol–water partition coefficient (Wildman–Crippen LogP) is 4.22. The molecule has 2 aliphatic rings. The number of aromatic nitrogens is 1. The van der Waals surface area contributed by atoms with Crippen molar-refractivity contribution in [3.8, 4) is 5.75 Å². The number of amides is 1. The topological polar surface area (TPSA) is 89.0 Å². The summed E-state index contributed by atoms with van der Waals surface area (Å²) in [5.41, 5.74) is 2.20. The molecule has 0 bridgehead atoms. The van der Waals surface area contributed by atoms with E-state index in [9.17, 15) is 13.2 Å². The maximum Gasteiger partial charge on any atom is 0.260 e. The van der Waals surface area contributed by atoms with Crippen LogP contribution in [-0.2, 0) is 14.8 Å². The maximum absolute atomic E-state index is 13.7. The largest absolute Gasteiger partial charge is 0.494 e. The number of hydrogen-bond acceptors (Lipinski definition) is 7. The van der Waals surface area contributed by atoms with Crippen LogP contribution in [0, 0.1) is 6.92 Å². The summed E-state index contributed by atoms with van der Waals surface area (Å²) in [6.07, 6.45) is 3.52. The minimum absolute atomic E-state index is 0.0660. The number of fused-ring (bicyclic) bond motifs is 1. The minimum Gasteiger partial charge on any atom is -0.494 e. The number of benzene rings is 2. The molecule has 0 radical (unpaired) electrons. The van der Waals surface area contributed by atoms with E-state index < -0.39 is 10.0 Å². The van der Waals surface area contributed by atoms with Gasteiger partial charge >= 0.3 is 0 Å². The Balaban J connectivity index is 1.48. The number of carbonyl (C=O) groups is 1. The number of ether oxygens (including phenoxy) is 2. The normalized spacial score (nSPS) is 18.9. The molecule has 2 fully saturated rings. The molecule has 1 aromatic heterocycles. The molecule has 10 heteroatoms. The Hall–Kier alpha value is -2.53. The van der Waals surface area contributed by atoms with Crippen molar-refractivity contribution in [1.82, 2.24) is 9.29 Å². The van der Waals surface area contributed by atoms with Gasteiger partial charge in [-0.1, -0.05) is 17.4 Å². The molecule has 2 aliphatic heterocycles. The summed E-state index contributed by atoms with van der Waals surface area (Å²) in [5, 5.41) is 0.571. The van der Waals surface area contributed by atoms with Crippen molar-refractivity contribution in [2.24, 2.45) is 0 Å². The predicted molar refractivity (Wildman–Crippen MR) is 136 cm³/mol. The third-order valence-electron chi connectivity index (χ3n) is 6.60. The molecule has 186 valence electrons. The van der Waals surface area contributed by atoms with Crippen LogP contribution in [0.25, 0.3) is 10.2 Å². The van der Waals surface area contributed by atoms with Crippen molar-refractivity contribution in [2.45, 2.75) is 43.6 Å². The lowest BCUT2D eigenvalue weighted by Gasteiger charge is -2.23. The summed E-state index contributed by atoms with van der Waals surface area (Å²) in [5.74, 6) is 0.426. The molecule has 1 amide bonds. The van der Waals surface area contributed by atoms with Gasteiger partial charge in [0.2, 0.25) is 10.0 Å². The molecule has 3 aromatic rings. The summed E-state index contributed by atoms with van der Waals surface area (Å²) in [7, 11) is -1.93. The third-order valence-corrected chi connectivity index (χ3v) is 9.73. The number of hydrogen-bond donors (Lipinski definition) is 0. The van der Waals surface area contributed by atoms with Gasteiger partial charge in [0.05, 0.1) is 29.4 Å². The number of aryl methyl sites for hydroxylation is 1. The summed E-state index contributed by atoms with van der Waals surface area (Å²) < 4.78 is 39.6. The van der Waals surface area contributed by atoms with E-state index in [1.807, 2.05) is 19.1 Å². The van der Waals surface area contributed by atoms with Gasteiger partial charge in [0.15, 0.2) is 5.13 Å². The number of methoxy groups -OCH3 is 1. The molecule has 35 heavy (non-hydrogen) atoms. The van der Waals surface area contributed by atoms with E-state index in [0.29, 0.717) is 42.7 Å². The van der Waals surface area contributed by atoms with Gasteiger partial charge in [-0.25, -0.2) is 13.4 Å². The first-order chi connectivity index (χ1) is 16.9. The number of sulfonamides is 1. The van der Waals surface area contributed by atoms with Crippen molar-refractivity contribution in [2.75, 3.05) is 38.3 Å². The van der Waals surface area contributed by atoms with E-state index in [4.69, 9.17) is 14.5 Å². The number of rotatable bonds is 7. The lowest BCUT2D eigenvalue weighted by Crippen LogP contribution is -2.37. The molecule has 3 heterocycles. The summed E-state index contributed by atoms with van der Waals surface area (Å²) >= 11 is 1.45. The van der Waals surface area contributed by atoms with Gasteiger partial charge in [-0.15, -0.1) is 0 Å². The fraction of sp³-hybridized carbons (Fsp3) is 0.440. The zero-order valence-electron chi connectivity index (χ0n) is 19.9. The number of thiazole rings is 1. The Morgan fingerprint density at radius 2 is 1.91 bits per heavy atom. The Morgan fingerprint density at radius 1 is 1.17 bits per heavy atom. The molecule has 5 rings (SSSR count). The van der Waals surface area contributed by atoms with Gasteiger partial charge in [-0.3, -0.25) is 9.69 Å². The highest BCUT2D eigenvalue weighted by Crippen LogP contribution is 2.37. The Bertz CT molecular complexity index is 1330. The van der Waals surface area contributed by atoms with E-state index >= 15 is 0 Å². The molecule has 0 N–H and O–H groups in total. The smallest absolute Gasteiger partial charge is 0.260 e. The Kier molecular flexibility index (Phi) is 6.80. The second kappa shape index (κ2) is 9.85. The van der Waals surface area contributed by atoms with Crippen molar-refractivity contribution in [3.05, 3.63) is 47.5 Å². The molecule has 1 atom stereocenters. The van der Waals surface area contributed by atoms with Crippen LogP contribution in [0.3, 0.4) is 0 Å². The molecule has 1 unspecified atom stereocenters. The Morgan fingerprint density at radius 3 is 2.57 bits per heavy atom. The first kappa shape index (κ1) is 24.2. The fourth-order valence-electron chi connectivity index (χ4n) is 4.62. The number of anilines is 1. The first-order valence-electron chi connectivity index (χ1n) is 11.9. The molecule has 2 aromatic carbocycles. The molecule has 0 aliphatic carbocycles. The van der Waals surface area contributed by atoms with Crippen molar-refractivity contribution in [3.63, 3.8) is 0 Å². The maximum atomic E-state index is 13.7. The van der Waals surface area contributed by atoms with Gasteiger partial charge in [0, 0.05) is 25.3 Å². The Labute approximate surface area is 209 Å². The average Bonchev–Trinajstić information content (AvgIpc) is 3.64. The highest BCUT2D eigenvalue weighted by Gasteiger charge is 2.30. The number of carbonyl (C=O) groups excluding carboxylic acids is 1. The second-order valence-corrected chi connectivity index (χ2v) is 11.9. The van der Waals surface area contributed by atoms with Gasteiger partial charge in [-0.05, 0) is 68.5 Å². The second-order valence-electron chi connectivity index (χ2n) is 8.95. The van der Waals surface area contributed by atoms with Crippen LogP contribution < -0.4 is 9.64 Å². The average molecular weight is 516 g/mol. The molecule has 2 saturated heterocycles. The summed E-state index contributed by atoms with van der Waals surface area (Å²) in [6, 6.07) is 10.1. The molecule has 8 nitrogen and oxygen atoms in total. The third kappa shape index (κ3) is 4.67. The molecular formula is C25H29N3O5S2. The van der Waals surface area contributed by atoms with E-state index in [1.165, 1.54) is 27.8 Å². The monoisotopic (exact) mass is 515 g/mol. The van der Waals surface area contributed by atoms with E-state index in [0.717, 1.165) is 41.5 Å². The lowest BCUT2D eigenvalue weighted by molar-refractivity contribution is 0.0917. The molecule has 0 saturated carbocycles.